The van der Waals surface area contributed by atoms with Gasteiger partial charge < -0.3 is 14.7 Å². The van der Waals surface area contributed by atoms with Gasteiger partial charge in [0.15, 0.2) is 0 Å². The van der Waals surface area contributed by atoms with E-state index < -0.39 is 0 Å². The molecule has 0 aromatic carbocycles. The van der Waals surface area contributed by atoms with Crippen molar-refractivity contribution in [3.8, 4) is 5.88 Å². The second kappa shape index (κ2) is 4.38. The van der Waals surface area contributed by atoms with E-state index in [4.69, 9.17) is 4.74 Å². The smallest absolute Gasteiger partial charge is 0.328 e. The maximum Gasteiger partial charge on any atom is 0.328 e. The van der Waals surface area contributed by atoms with Crippen LogP contribution in [0.25, 0.3) is 0 Å². The lowest BCUT2D eigenvalue weighted by Crippen LogP contribution is -2.37. The van der Waals surface area contributed by atoms with Crippen LogP contribution in [0.1, 0.15) is 12.8 Å². The molecule has 0 unspecified atom stereocenters. The number of nitrogens with zero attached hydrogens (tertiary/aromatic N) is 2. The van der Waals surface area contributed by atoms with Crippen molar-refractivity contribution in [1.29, 1.82) is 0 Å². The highest BCUT2D eigenvalue weighted by Gasteiger charge is 2.32. The largest absolute Gasteiger partial charge is 0.493 e. The number of carbonyl (C=O) groups is 1. The third kappa shape index (κ3) is 1.93. The molecular weight excluding hydrogens is 208 g/mol. The Balaban J connectivity index is 2.23. The molecule has 1 fully saturated rings. The summed E-state index contributed by atoms with van der Waals surface area (Å²) in [6.45, 7) is 0.760. The van der Waals surface area contributed by atoms with Crippen LogP contribution in [0.3, 0.4) is 0 Å². The van der Waals surface area contributed by atoms with Gasteiger partial charge in [0.05, 0.1) is 7.11 Å². The number of aromatic hydroxyl groups is 1. The summed E-state index contributed by atoms with van der Waals surface area (Å²) in [6, 6.07) is 4.72. The maximum atomic E-state index is 11.5. The van der Waals surface area contributed by atoms with Gasteiger partial charge in [-0.05, 0) is 18.9 Å². The minimum absolute atomic E-state index is 0.0342. The molecule has 5 heteroatoms. The van der Waals surface area contributed by atoms with Crippen molar-refractivity contribution in [2.75, 3.05) is 18.6 Å². The van der Waals surface area contributed by atoms with Crippen molar-refractivity contribution in [3.63, 3.8) is 0 Å². The van der Waals surface area contributed by atoms with Gasteiger partial charge in [0.25, 0.3) is 0 Å². The molecule has 1 aliphatic heterocycles. The van der Waals surface area contributed by atoms with Crippen LogP contribution in [0.15, 0.2) is 18.2 Å². The van der Waals surface area contributed by atoms with Gasteiger partial charge >= 0.3 is 5.97 Å². The zero-order valence-electron chi connectivity index (χ0n) is 9.09. The fraction of sp³-hybridized carbons (Fsp3) is 0.455. The van der Waals surface area contributed by atoms with Crippen LogP contribution in [-0.4, -0.2) is 35.8 Å². The lowest BCUT2D eigenvalue weighted by molar-refractivity contribution is -0.141. The first kappa shape index (κ1) is 10.7. The normalized spacial score (nSPS) is 19.8. The summed E-state index contributed by atoms with van der Waals surface area (Å²) in [6.07, 6.45) is 1.70. The van der Waals surface area contributed by atoms with Gasteiger partial charge in [-0.1, -0.05) is 6.07 Å². The second-order valence-corrected chi connectivity index (χ2v) is 3.73. The Morgan fingerprint density at radius 3 is 3.12 bits per heavy atom. The van der Waals surface area contributed by atoms with Crippen molar-refractivity contribution in [2.24, 2.45) is 0 Å². The number of rotatable bonds is 2. The van der Waals surface area contributed by atoms with Gasteiger partial charge in [-0.2, -0.15) is 4.98 Å². The van der Waals surface area contributed by atoms with E-state index in [0.717, 1.165) is 19.4 Å². The summed E-state index contributed by atoms with van der Waals surface area (Å²) >= 11 is 0. The molecule has 0 saturated carbocycles. The van der Waals surface area contributed by atoms with Crippen LogP contribution in [0.2, 0.25) is 0 Å². The highest BCUT2D eigenvalue weighted by Crippen LogP contribution is 2.25. The second-order valence-electron chi connectivity index (χ2n) is 3.73. The van der Waals surface area contributed by atoms with Gasteiger partial charge in [-0.25, -0.2) is 4.79 Å². The zero-order valence-corrected chi connectivity index (χ0v) is 9.09. The Bertz CT molecular complexity index is 395. The first-order valence-electron chi connectivity index (χ1n) is 5.23. The van der Waals surface area contributed by atoms with E-state index >= 15 is 0 Å². The number of esters is 1. The predicted molar refractivity (Wildman–Crippen MR) is 58.3 cm³/mol. The van der Waals surface area contributed by atoms with Gasteiger partial charge in [0.2, 0.25) is 5.88 Å². The highest BCUT2D eigenvalue weighted by molar-refractivity contribution is 5.80. The fourth-order valence-electron chi connectivity index (χ4n) is 1.99. The molecule has 2 rings (SSSR count). The van der Waals surface area contributed by atoms with E-state index in [0.29, 0.717) is 5.82 Å². The minimum atomic E-state index is -0.278. The SMILES string of the molecule is COC(=O)[C@@H]1CCCN1c1cccc(O)n1. The van der Waals surface area contributed by atoms with Crippen LogP contribution in [0.5, 0.6) is 5.88 Å². The summed E-state index contributed by atoms with van der Waals surface area (Å²) in [5, 5.41) is 9.30. The number of anilines is 1. The number of aromatic nitrogens is 1. The molecule has 16 heavy (non-hydrogen) atoms. The maximum absolute atomic E-state index is 11.5. The summed E-state index contributed by atoms with van der Waals surface area (Å²) in [7, 11) is 1.38. The number of ether oxygens (including phenoxy) is 1. The van der Waals surface area contributed by atoms with Crippen LogP contribution in [0, 0.1) is 0 Å². The number of carbonyl (C=O) groups excluding carboxylic acids is 1. The molecule has 0 amide bonds. The molecule has 1 saturated heterocycles. The molecule has 1 aromatic rings. The average Bonchev–Trinajstić information content (AvgIpc) is 2.77. The van der Waals surface area contributed by atoms with E-state index in [1.165, 1.54) is 13.2 Å². The van der Waals surface area contributed by atoms with E-state index in [1.54, 1.807) is 12.1 Å². The summed E-state index contributed by atoms with van der Waals surface area (Å²) < 4.78 is 4.75. The first-order valence-corrected chi connectivity index (χ1v) is 5.23. The topological polar surface area (TPSA) is 62.7 Å². The molecule has 1 aliphatic rings. The number of hydrogen-bond donors (Lipinski definition) is 1. The van der Waals surface area contributed by atoms with Crippen LogP contribution >= 0.6 is 0 Å². The van der Waals surface area contributed by atoms with E-state index in [-0.39, 0.29) is 17.9 Å². The van der Waals surface area contributed by atoms with E-state index in [2.05, 4.69) is 4.98 Å². The third-order valence-electron chi connectivity index (χ3n) is 2.74. The summed E-state index contributed by atoms with van der Waals surface area (Å²) in [4.78, 5) is 17.4. The number of methoxy groups -OCH3 is 1. The minimum Gasteiger partial charge on any atom is -0.493 e. The van der Waals surface area contributed by atoms with Crippen molar-refractivity contribution in [2.45, 2.75) is 18.9 Å². The van der Waals surface area contributed by atoms with Crippen LogP contribution < -0.4 is 4.90 Å². The molecule has 1 aromatic heterocycles. The Morgan fingerprint density at radius 1 is 1.62 bits per heavy atom. The van der Waals surface area contributed by atoms with Gasteiger partial charge in [0.1, 0.15) is 11.9 Å². The van der Waals surface area contributed by atoms with E-state index in [1.807, 2.05) is 4.90 Å². The standard InChI is InChI=1S/C11H14N2O3/c1-16-11(15)8-4-3-7-13(8)9-5-2-6-10(14)12-9/h2,5-6,8H,3-4,7H2,1H3,(H,12,14)/t8-/m0/s1. The quantitative estimate of drug-likeness (QED) is 0.754. The highest BCUT2D eigenvalue weighted by atomic mass is 16.5. The van der Waals surface area contributed by atoms with Crippen molar-refractivity contribution in [1.82, 2.24) is 4.98 Å². The molecule has 0 bridgehead atoms. The Hall–Kier alpha value is -1.78. The molecule has 86 valence electrons. The third-order valence-corrected chi connectivity index (χ3v) is 2.74. The Morgan fingerprint density at radius 2 is 2.44 bits per heavy atom. The fourth-order valence-corrected chi connectivity index (χ4v) is 1.99. The Labute approximate surface area is 93.7 Å². The van der Waals surface area contributed by atoms with Crippen molar-refractivity contribution in [3.05, 3.63) is 18.2 Å². The monoisotopic (exact) mass is 222 g/mol. The molecular formula is C11H14N2O3. The van der Waals surface area contributed by atoms with Crippen LogP contribution in [-0.2, 0) is 9.53 Å². The molecule has 1 atom stereocenters. The summed E-state index contributed by atoms with van der Waals surface area (Å²) in [5.41, 5.74) is 0. The van der Waals surface area contributed by atoms with Gasteiger partial charge in [-0.15, -0.1) is 0 Å². The summed E-state index contributed by atoms with van der Waals surface area (Å²) in [5.74, 6) is 0.337. The molecule has 5 nitrogen and oxygen atoms in total. The number of hydrogen-bond acceptors (Lipinski definition) is 5. The van der Waals surface area contributed by atoms with E-state index in [9.17, 15) is 9.90 Å². The van der Waals surface area contributed by atoms with Gasteiger partial charge in [-0.3, -0.25) is 0 Å². The van der Waals surface area contributed by atoms with Crippen molar-refractivity contribution >= 4 is 11.8 Å². The average molecular weight is 222 g/mol. The van der Waals surface area contributed by atoms with Crippen molar-refractivity contribution < 1.29 is 14.6 Å². The van der Waals surface area contributed by atoms with Crippen LogP contribution in [0.4, 0.5) is 5.82 Å². The lowest BCUT2D eigenvalue weighted by Gasteiger charge is -2.23. The number of pyridine rings is 1. The molecule has 0 aliphatic carbocycles. The predicted octanol–water partition coefficient (Wildman–Crippen LogP) is 0.929. The molecule has 2 heterocycles. The molecule has 0 spiro atoms. The zero-order chi connectivity index (χ0) is 11.5. The molecule has 0 radical (unpaired) electrons. The lowest BCUT2D eigenvalue weighted by atomic mass is 10.2. The molecule has 1 N–H and O–H groups in total. The van der Waals surface area contributed by atoms with Gasteiger partial charge in [0, 0.05) is 12.6 Å². The first-order chi connectivity index (χ1) is 7.72. The Kier molecular flexibility index (Phi) is 2.94.